The molecule has 132 valence electrons. The summed E-state index contributed by atoms with van der Waals surface area (Å²) < 4.78 is 26.5. The number of hydrogen-bond acceptors (Lipinski definition) is 4. The summed E-state index contributed by atoms with van der Waals surface area (Å²) in [5.74, 6) is 0.122. The number of carbonyl (C=O) groups excluding carboxylic acids is 1. The average molecular weight is 351 g/mol. The SMILES string of the molecule is N[C@@H]1CCN(C(=O)CCc2ccc(S(=O)(=O)N3CCCC3)cc2)C1. The van der Waals surface area contributed by atoms with Gasteiger partial charge in [-0.2, -0.15) is 4.31 Å². The lowest BCUT2D eigenvalue weighted by Crippen LogP contribution is -2.32. The van der Waals surface area contributed by atoms with E-state index in [9.17, 15) is 13.2 Å². The number of benzene rings is 1. The van der Waals surface area contributed by atoms with Crippen molar-refractivity contribution in [2.75, 3.05) is 26.2 Å². The molecule has 7 heteroatoms. The molecule has 2 N–H and O–H groups in total. The number of sulfonamides is 1. The molecule has 6 nitrogen and oxygen atoms in total. The second-order valence-corrected chi connectivity index (χ2v) is 8.58. The van der Waals surface area contributed by atoms with Crippen LogP contribution >= 0.6 is 0 Å². The molecule has 0 unspecified atom stereocenters. The van der Waals surface area contributed by atoms with E-state index in [-0.39, 0.29) is 11.9 Å². The minimum Gasteiger partial charge on any atom is -0.341 e. The van der Waals surface area contributed by atoms with Gasteiger partial charge in [-0.25, -0.2) is 8.42 Å². The topological polar surface area (TPSA) is 83.7 Å². The Hall–Kier alpha value is -1.44. The maximum atomic E-state index is 12.5. The van der Waals surface area contributed by atoms with E-state index in [2.05, 4.69) is 0 Å². The Labute approximate surface area is 143 Å². The fourth-order valence-electron chi connectivity index (χ4n) is 3.33. The highest BCUT2D eigenvalue weighted by atomic mass is 32.2. The summed E-state index contributed by atoms with van der Waals surface area (Å²) in [5.41, 5.74) is 6.80. The molecule has 2 fully saturated rings. The molecule has 2 heterocycles. The standard InChI is InChI=1S/C17H25N3O3S/c18-15-9-12-19(13-15)17(21)8-5-14-3-6-16(7-4-14)24(22,23)20-10-1-2-11-20/h3-4,6-7,15H,1-2,5,8-13,18H2/t15-/m1/s1. The molecule has 1 aromatic carbocycles. The molecule has 1 atom stereocenters. The van der Waals surface area contributed by atoms with Gasteiger partial charge in [0, 0.05) is 38.6 Å². The van der Waals surface area contributed by atoms with Crippen LogP contribution in [0.25, 0.3) is 0 Å². The molecule has 1 amide bonds. The summed E-state index contributed by atoms with van der Waals surface area (Å²) in [4.78, 5) is 14.3. The lowest BCUT2D eigenvalue weighted by molar-refractivity contribution is -0.130. The number of rotatable bonds is 5. The lowest BCUT2D eigenvalue weighted by Gasteiger charge is -2.16. The van der Waals surface area contributed by atoms with Crippen LogP contribution in [0.5, 0.6) is 0 Å². The number of nitrogens with two attached hydrogens (primary N) is 1. The summed E-state index contributed by atoms with van der Waals surface area (Å²) in [6.45, 7) is 2.60. The number of amides is 1. The zero-order valence-electron chi connectivity index (χ0n) is 13.9. The van der Waals surface area contributed by atoms with Crippen molar-refractivity contribution in [3.05, 3.63) is 29.8 Å². The molecule has 3 rings (SSSR count). The van der Waals surface area contributed by atoms with Crippen LogP contribution in [-0.2, 0) is 21.2 Å². The van der Waals surface area contributed by atoms with Gasteiger partial charge in [0.15, 0.2) is 0 Å². The van der Waals surface area contributed by atoms with E-state index >= 15 is 0 Å². The van der Waals surface area contributed by atoms with Crippen LogP contribution in [0.15, 0.2) is 29.2 Å². The first-order chi connectivity index (χ1) is 11.5. The molecule has 24 heavy (non-hydrogen) atoms. The summed E-state index contributed by atoms with van der Waals surface area (Å²) in [6, 6.07) is 7.03. The molecule has 1 aromatic rings. The minimum atomic E-state index is -3.36. The van der Waals surface area contributed by atoms with E-state index in [4.69, 9.17) is 5.73 Å². The Kier molecular flexibility index (Phi) is 5.22. The predicted octanol–water partition coefficient (Wildman–Crippen LogP) is 0.963. The van der Waals surface area contributed by atoms with Crippen LogP contribution in [-0.4, -0.2) is 55.8 Å². The van der Waals surface area contributed by atoms with Gasteiger partial charge in [0.2, 0.25) is 15.9 Å². The second-order valence-electron chi connectivity index (χ2n) is 6.64. The van der Waals surface area contributed by atoms with Crippen molar-refractivity contribution >= 4 is 15.9 Å². The lowest BCUT2D eigenvalue weighted by atomic mass is 10.1. The maximum absolute atomic E-state index is 12.5. The number of nitrogens with zero attached hydrogens (tertiary/aromatic N) is 2. The van der Waals surface area contributed by atoms with Crippen molar-refractivity contribution in [2.24, 2.45) is 5.73 Å². The Morgan fingerprint density at radius 1 is 1.12 bits per heavy atom. The number of likely N-dealkylation sites (tertiary alicyclic amines) is 1. The predicted molar refractivity (Wildman–Crippen MR) is 91.9 cm³/mol. The Morgan fingerprint density at radius 2 is 1.79 bits per heavy atom. The van der Waals surface area contributed by atoms with Crippen LogP contribution in [0.2, 0.25) is 0 Å². The molecular weight excluding hydrogens is 326 g/mol. The summed E-state index contributed by atoms with van der Waals surface area (Å²) >= 11 is 0. The van der Waals surface area contributed by atoms with Crippen LogP contribution in [0, 0.1) is 0 Å². The first-order valence-corrected chi connectivity index (χ1v) is 10.0. The van der Waals surface area contributed by atoms with Crippen LogP contribution in [0.3, 0.4) is 0 Å². The molecule has 0 spiro atoms. The summed E-state index contributed by atoms with van der Waals surface area (Å²) in [6.07, 6.45) is 3.79. The van der Waals surface area contributed by atoms with E-state index in [1.54, 1.807) is 16.4 Å². The van der Waals surface area contributed by atoms with Crippen molar-refractivity contribution in [3.63, 3.8) is 0 Å². The van der Waals surface area contributed by atoms with Crippen molar-refractivity contribution in [3.8, 4) is 0 Å². The Morgan fingerprint density at radius 3 is 2.38 bits per heavy atom. The van der Waals surface area contributed by atoms with Gasteiger partial charge in [-0.3, -0.25) is 4.79 Å². The molecular formula is C17H25N3O3S. The number of aryl methyl sites for hydroxylation is 1. The van der Waals surface area contributed by atoms with Gasteiger partial charge in [0.05, 0.1) is 4.90 Å². The van der Waals surface area contributed by atoms with Gasteiger partial charge >= 0.3 is 0 Å². The van der Waals surface area contributed by atoms with Gasteiger partial charge in [-0.15, -0.1) is 0 Å². The monoisotopic (exact) mass is 351 g/mol. The average Bonchev–Trinajstić information content (AvgIpc) is 3.25. The minimum absolute atomic E-state index is 0.101. The van der Waals surface area contributed by atoms with E-state index < -0.39 is 10.0 Å². The third kappa shape index (κ3) is 3.79. The van der Waals surface area contributed by atoms with Gasteiger partial charge in [0.1, 0.15) is 0 Å². The zero-order chi connectivity index (χ0) is 17.2. The highest BCUT2D eigenvalue weighted by Crippen LogP contribution is 2.21. The van der Waals surface area contributed by atoms with Crippen molar-refractivity contribution in [1.29, 1.82) is 0 Å². The molecule has 0 aliphatic carbocycles. The summed E-state index contributed by atoms with van der Waals surface area (Å²) in [5, 5.41) is 0. The second kappa shape index (κ2) is 7.21. The Balaban J connectivity index is 1.57. The molecule has 2 saturated heterocycles. The zero-order valence-corrected chi connectivity index (χ0v) is 14.7. The van der Waals surface area contributed by atoms with Crippen molar-refractivity contribution in [2.45, 2.75) is 43.0 Å². The quantitative estimate of drug-likeness (QED) is 0.856. The van der Waals surface area contributed by atoms with E-state index in [0.717, 1.165) is 31.4 Å². The third-order valence-corrected chi connectivity index (χ3v) is 6.74. The number of carbonyl (C=O) groups is 1. The first-order valence-electron chi connectivity index (χ1n) is 8.59. The molecule has 2 aliphatic rings. The largest absolute Gasteiger partial charge is 0.341 e. The van der Waals surface area contributed by atoms with Crippen molar-refractivity contribution in [1.82, 2.24) is 9.21 Å². The van der Waals surface area contributed by atoms with Crippen molar-refractivity contribution < 1.29 is 13.2 Å². The fraction of sp³-hybridized carbons (Fsp3) is 0.588. The highest BCUT2D eigenvalue weighted by Gasteiger charge is 2.27. The van der Waals surface area contributed by atoms with E-state index in [0.29, 0.717) is 37.4 Å². The van der Waals surface area contributed by atoms with E-state index in [1.165, 1.54) is 0 Å². The summed E-state index contributed by atoms with van der Waals surface area (Å²) in [7, 11) is -3.36. The Bertz CT molecular complexity index is 682. The number of hydrogen-bond donors (Lipinski definition) is 1. The van der Waals surface area contributed by atoms with Gasteiger partial charge in [0.25, 0.3) is 0 Å². The van der Waals surface area contributed by atoms with Gasteiger partial charge in [-0.05, 0) is 43.4 Å². The highest BCUT2D eigenvalue weighted by molar-refractivity contribution is 7.89. The first kappa shape index (κ1) is 17.4. The molecule has 0 bridgehead atoms. The van der Waals surface area contributed by atoms with Gasteiger partial charge < -0.3 is 10.6 Å². The van der Waals surface area contributed by atoms with Gasteiger partial charge in [-0.1, -0.05) is 12.1 Å². The molecule has 0 radical (unpaired) electrons. The normalized spacial score (nSPS) is 22.2. The maximum Gasteiger partial charge on any atom is 0.243 e. The molecule has 0 aromatic heterocycles. The van der Waals surface area contributed by atoms with Crippen LogP contribution in [0.4, 0.5) is 0 Å². The smallest absolute Gasteiger partial charge is 0.243 e. The molecule has 2 aliphatic heterocycles. The van der Waals surface area contributed by atoms with Crippen LogP contribution < -0.4 is 5.73 Å². The molecule has 0 saturated carbocycles. The van der Waals surface area contributed by atoms with E-state index in [1.807, 2.05) is 17.0 Å². The fourth-order valence-corrected chi connectivity index (χ4v) is 4.85. The third-order valence-electron chi connectivity index (χ3n) is 4.83. The van der Waals surface area contributed by atoms with Crippen LogP contribution in [0.1, 0.15) is 31.2 Å².